The van der Waals surface area contributed by atoms with Crippen LogP contribution in [-0.4, -0.2) is 11.1 Å². The summed E-state index contributed by atoms with van der Waals surface area (Å²) in [7, 11) is 0. The molecule has 0 bridgehead atoms. The summed E-state index contributed by atoms with van der Waals surface area (Å²) < 4.78 is 5.67. The molecule has 0 heterocycles. The highest BCUT2D eigenvalue weighted by molar-refractivity contribution is 6.32. The van der Waals surface area contributed by atoms with E-state index in [9.17, 15) is 4.79 Å². The molecular weight excluding hydrogens is 276 g/mol. The van der Waals surface area contributed by atoms with Gasteiger partial charge >= 0.3 is 5.97 Å². The van der Waals surface area contributed by atoms with Crippen LogP contribution >= 0.6 is 11.6 Å². The van der Waals surface area contributed by atoms with Gasteiger partial charge in [-0.25, -0.2) is 4.79 Å². The lowest BCUT2D eigenvalue weighted by atomic mass is 10.2. The van der Waals surface area contributed by atoms with E-state index in [1.807, 2.05) is 31.2 Å². The fourth-order valence-corrected chi connectivity index (χ4v) is 1.84. The smallest absolute Gasteiger partial charge is 0.328 e. The van der Waals surface area contributed by atoms with Crippen LogP contribution in [-0.2, 0) is 4.79 Å². The average molecular weight is 289 g/mol. The number of hydrogen-bond donors (Lipinski definition) is 1. The third-order valence-electron chi connectivity index (χ3n) is 2.63. The molecule has 0 spiro atoms. The van der Waals surface area contributed by atoms with E-state index in [0.29, 0.717) is 16.3 Å². The number of benzene rings is 2. The van der Waals surface area contributed by atoms with Crippen LogP contribution in [0.25, 0.3) is 6.08 Å². The maximum atomic E-state index is 10.5. The Morgan fingerprint density at radius 2 is 1.80 bits per heavy atom. The lowest BCUT2D eigenvalue weighted by Gasteiger charge is -2.07. The lowest BCUT2D eigenvalue weighted by Crippen LogP contribution is -1.87. The monoisotopic (exact) mass is 288 g/mol. The van der Waals surface area contributed by atoms with Crippen molar-refractivity contribution >= 4 is 23.6 Å². The zero-order valence-electron chi connectivity index (χ0n) is 10.8. The molecule has 0 radical (unpaired) electrons. The molecule has 2 rings (SSSR count). The van der Waals surface area contributed by atoms with Crippen molar-refractivity contribution in [1.82, 2.24) is 0 Å². The van der Waals surface area contributed by atoms with Crippen molar-refractivity contribution in [2.75, 3.05) is 0 Å². The fraction of sp³-hybridized carbons (Fsp3) is 0.0625. The fourth-order valence-electron chi connectivity index (χ4n) is 1.61. The minimum absolute atomic E-state index is 0.437. The van der Waals surface area contributed by atoms with E-state index >= 15 is 0 Å². The van der Waals surface area contributed by atoms with Crippen LogP contribution < -0.4 is 4.74 Å². The Morgan fingerprint density at radius 3 is 2.40 bits per heavy atom. The van der Waals surface area contributed by atoms with Gasteiger partial charge in [-0.1, -0.05) is 29.3 Å². The zero-order valence-corrected chi connectivity index (χ0v) is 11.6. The Balaban J connectivity index is 2.16. The predicted octanol–water partition coefficient (Wildman–Crippen LogP) is 4.54. The van der Waals surface area contributed by atoms with Gasteiger partial charge in [0.2, 0.25) is 0 Å². The number of hydrogen-bond acceptors (Lipinski definition) is 2. The van der Waals surface area contributed by atoms with E-state index in [-0.39, 0.29) is 0 Å². The quantitative estimate of drug-likeness (QED) is 0.840. The highest BCUT2D eigenvalue weighted by Crippen LogP contribution is 2.27. The van der Waals surface area contributed by atoms with Crippen LogP contribution in [0.3, 0.4) is 0 Å². The Hall–Kier alpha value is -2.26. The first-order valence-corrected chi connectivity index (χ1v) is 6.37. The molecule has 20 heavy (non-hydrogen) atoms. The molecule has 0 aliphatic heterocycles. The van der Waals surface area contributed by atoms with Gasteiger partial charge in [0.15, 0.2) is 0 Å². The van der Waals surface area contributed by atoms with E-state index in [1.54, 1.807) is 18.2 Å². The summed E-state index contributed by atoms with van der Waals surface area (Å²) in [5.74, 6) is 0.313. The summed E-state index contributed by atoms with van der Waals surface area (Å²) in [4.78, 5) is 10.5. The second-order valence-electron chi connectivity index (χ2n) is 4.27. The number of aryl methyl sites for hydroxylation is 1. The normalized spacial score (nSPS) is 10.7. The van der Waals surface area contributed by atoms with Crippen LogP contribution in [0.2, 0.25) is 5.02 Å². The van der Waals surface area contributed by atoms with Crippen molar-refractivity contribution in [3.05, 3.63) is 64.7 Å². The molecule has 4 heteroatoms. The second-order valence-corrected chi connectivity index (χ2v) is 4.68. The molecule has 2 aromatic carbocycles. The summed E-state index contributed by atoms with van der Waals surface area (Å²) >= 11 is 6.08. The molecule has 2 aromatic rings. The maximum Gasteiger partial charge on any atom is 0.328 e. The number of ether oxygens (including phenoxy) is 1. The van der Waals surface area contributed by atoms with Crippen LogP contribution in [0, 0.1) is 6.92 Å². The van der Waals surface area contributed by atoms with Gasteiger partial charge in [-0.15, -0.1) is 0 Å². The van der Waals surface area contributed by atoms with Crippen molar-refractivity contribution in [3.63, 3.8) is 0 Å². The first kappa shape index (κ1) is 14.2. The van der Waals surface area contributed by atoms with Crippen molar-refractivity contribution in [2.45, 2.75) is 6.92 Å². The molecule has 0 aliphatic rings. The summed E-state index contributed by atoms with van der Waals surface area (Å²) in [6.07, 6.45) is 2.49. The number of carboxylic acids is 1. The van der Waals surface area contributed by atoms with Crippen LogP contribution in [0.1, 0.15) is 11.1 Å². The molecule has 0 unspecified atom stereocenters. The summed E-state index contributed by atoms with van der Waals surface area (Å²) in [6.45, 7) is 2.00. The van der Waals surface area contributed by atoms with Gasteiger partial charge in [0.1, 0.15) is 11.5 Å². The predicted molar refractivity (Wildman–Crippen MR) is 79.4 cm³/mol. The third-order valence-corrected chi connectivity index (χ3v) is 2.96. The van der Waals surface area contributed by atoms with Crippen LogP contribution in [0.15, 0.2) is 48.5 Å². The molecule has 0 atom stereocenters. The summed E-state index contributed by atoms with van der Waals surface area (Å²) in [5, 5.41) is 9.02. The molecule has 0 aromatic heterocycles. The highest BCUT2D eigenvalue weighted by atomic mass is 35.5. The van der Waals surface area contributed by atoms with Crippen molar-refractivity contribution in [2.24, 2.45) is 0 Å². The number of halogens is 1. The van der Waals surface area contributed by atoms with Crippen molar-refractivity contribution < 1.29 is 14.6 Å². The molecule has 0 amide bonds. The van der Waals surface area contributed by atoms with E-state index in [4.69, 9.17) is 21.4 Å². The van der Waals surface area contributed by atoms with E-state index in [2.05, 4.69) is 0 Å². The molecule has 102 valence electrons. The maximum absolute atomic E-state index is 10.5. The molecule has 0 fully saturated rings. The topological polar surface area (TPSA) is 46.5 Å². The highest BCUT2D eigenvalue weighted by Gasteiger charge is 2.02. The summed E-state index contributed by atoms with van der Waals surface area (Å²) in [5.41, 5.74) is 1.79. The molecule has 0 saturated heterocycles. The zero-order chi connectivity index (χ0) is 14.5. The molecule has 1 N–H and O–H groups in total. The van der Waals surface area contributed by atoms with Gasteiger partial charge in [0.05, 0.1) is 5.02 Å². The van der Waals surface area contributed by atoms with Gasteiger partial charge in [-0.3, -0.25) is 0 Å². The van der Waals surface area contributed by atoms with Gasteiger partial charge < -0.3 is 9.84 Å². The average Bonchev–Trinajstić information content (AvgIpc) is 2.40. The largest absolute Gasteiger partial charge is 0.478 e. The number of aliphatic carboxylic acids is 1. The van der Waals surface area contributed by atoms with Gasteiger partial charge in [0, 0.05) is 6.08 Å². The van der Waals surface area contributed by atoms with Gasteiger partial charge in [-0.05, 0) is 48.9 Å². The lowest BCUT2D eigenvalue weighted by molar-refractivity contribution is -0.131. The Labute approximate surface area is 122 Å². The van der Waals surface area contributed by atoms with Gasteiger partial charge in [-0.2, -0.15) is 0 Å². The minimum Gasteiger partial charge on any atom is -0.478 e. The molecule has 0 aliphatic carbocycles. The second kappa shape index (κ2) is 6.26. The minimum atomic E-state index is -1.01. The molecule has 0 saturated carbocycles. The van der Waals surface area contributed by atoms with E-state index < -0.39 is 5.97 Å². The standard InChI is InChI=1S/C16H13ClO3/c1-11-2-6-13(7-3-11)20-14-8-4-12(15(17)10-14)5-9-16(18)19/h2-10H,1H3,(H,18,19)/b9-5+. The van der Waals surface area contributed by atoms with Gasteiger partial charge in [0.25, 0.3) is 0 Å². The number of carbonyl (C=O) groups is 1. The van der Waals surface area contributed by atoms with Crippen LogP contribution in [0.5, 0.6) is 11.5 Å². The first-order chi connectivity index (χ1) is 9.54. The molecular formula is C16H13ClO3. The van der Waals surface area contributed by atoms with Crippen molar-refractivity contribution in [3.8, 4) is 11.5 Å². The van der Waals surface area contributed by atoms with Crippen LogP contribution in [0.4, 0.5) is 0 Å². The number of rotatable bonds is 4. The first-order valence-electron chi connectivity index (χ1n) is 6.00. The summed E-state index contributed by atoms with van der Waals surface area (Å²) in [6, 6.07) is 12.8. The van der Waals surface area contributed by atoms with E-state index in [0.717, 1.165) is 17.4 Å². The Kier molecular flexibility index (Phi) is 4.43. The molecule has 3 nitrogen and oxygen atoms in total. The van der Waals surface area contributed by atoms with Crippen molar-refractivity contribution in [1.29, 1.82) is 0 Å². The SMILES string of the molecule is Cc1ccc(Oc2ccc(/C=C/C(=O)O)c(Cl)c2)cc1. The number of carboxylic acid groups (broad SMARTS) is 1. The Morgan fingerprint density at radius 1 is 1.15 bits per heavy atom. The van der Waals surface area contributed by atoms with E-state index in [1.165, 1.54) is 6.08 Å². The third kappa shape index (κ3) is 3.87. The Bertz CT molecular complexity index is 645.